The van der Waals surface area contributed by atoms with Crippen LogP contribution in [0.15, 0.2) is 0 Å². The molecule has 0 aromatic carbocycles. The van der Waals surface area contributed by atoms with Crippen LogP contribution in [0, 0.1) is 0 Å². The fourth-order valence-corrected chi connectivity index (χ4v) is 1.10. The van der Waals surface area contributed by atoms with Crippen molar-refractivity contribution >= 4 is 12.4 Å². The van der Waals surface area contributed by atoms with Gasteiger partial charge >= 0.3 is 6.09 Å². The van der Waals surface area contributed by atoms with E-state index in [9.17, 15) is 9.59 Å². The van der Waals surface area contributed by atoms with E-state index in [-0.39, 0.29) is 6.04 Å². The molecule has 1 aliphatic rings. The number of ether oxygens (including phenoxy) is 1. The summed E-state index contributed by atoms with van der Waals surface area (Å²) >= 11 is 0. The predicted octanol–water partition coefficient (Wildman–Crippen LogP) is 1.19. The smallest absolute Gasteiger partial charge is 0.410 e. The lowest BCUT2D eigenvalue weighted by Gasteiger charge is -2.38. The molecule has 1 amide bonds. The number of rotatable bonds is 1. The Morgan fingerprint density at radius 3 is 2.46 bits per heavy atom. The summed E-state index contributed by atoms with van der Waals surface area (Å²) in [6.45, 7) is 6.04. The standard InChI is InChI=1S/C9H15NO3/c1-9(2,3)13-8(12)10-5-4-7(10)6-11/h6-7H,4-5H2,1-3H3. The van der Waals surface area contributed by atoms with Crippen molar-refractivity contribution in [2.75, 3.05) is 6.54 Å². The fourth-order valence-electron chi connectivity index (χ4n) is 1.10. The van der Waals surface area contributed by atoms with E-state index in [1.54, 1.807) is 20.8 Å². The Bertz CT molecular complexity index is 219. The number of carbonyl (C=O) groups excluding carboxylic acids is 2. The first-order valence-corrected chi connectivity index (χ1v) is 4.39. The fraction of sp³-hybridized carbons (Fsp3) is 0.778. The average molecular weight is 185 g/mol. The Morgan fingerprint density at radius 1 is 1.54 bits per heavy atom. The predicted molar refractivity (Wildman–Crippen MR) is 47.4 cm³/mol. The van der Waals surface area contributed by atoms with Crippen LogP contribution in [0.4, 0.5) is 4.79 Å². The van der Waals surface area contributed by atoms with Crippen molar-refractivity contribution in [1.29, 1.82) is 0 Å². The number of carbonyl (C=O) groups is 2. The summed E-state index contributed by atoms with van der Waals surface area (Å²) in [5.41, 5.74) is -0.486. The van der Waals surface area contributed by atoms with Crippen LogP contribution < -0.4 is 0 Å². The molecule has 1 fully saturated rings. The monoisotopic (exact) mass is 185 g/mol. The third kappa shape index (κ3) is 2.44. The SMILES string of the molecule is CC(C)(C)OC(=O)N1CCC1C=O. The number of hydrogen-bond acceptors (Lipinski definition) is 3. The minimum atomic E-state index is -0.486. The molecule has 0 N–H and O–H groups in total. The molecular formula is C9H15NO3. The van der Waals surface area contributed by atoms with E-state index in [0.717, 1.165) is 12.7 Å². The van der Waals surface area contributed by atoms with E-state index in [4.69, 9.17) is 4.74 Å². The zero-order chi connectivity index (χ0) is 10.1. The topological polar surface area (TPSA) is 46.6 Å². The summed E-state index contributed by atoms with van der Waals surface area (Å²) in [6.07, 6.45) is 1.15. The van der Waals surface area contributed by atoms with Crippen LogP contribution >= 0.6 is 0 Å². The molecule has 0 saturated carbocycles. The number of nitrogens with zero attached hydrogens (tertiary/aromatic N) is 1. The van der Waals surface area contributed by atoms with E-state index in [2.05, 4.69) is 0 Å². The zero-order valence-electron chi connectivity index (χ0n) is 8.24. The van der Waals surface area contributed by atoms with Gasteiger partial charge in [0.2, 0.25) is 0 Å². The molecule has 0 spiro atoms. The summed E-state index contributed by atoms with van der Waals surface area (Å²) in [5.74, 6) is 0. The molecule has 74 valence electrons. The molecule has 4 heteroatoms. The van der Waals surface area contributed by atoms with E-state index < -0.39 is 11.7 Å². The first-order chi connectivity index (χ1) is 5.94. The maximum atomic E-state index is 11.4. The van der Waals surface area contributed by atoms with Crippen LogP contribution in [-0.4, -0.2) is 35.5 Å². The van der Waals surface area contributed by atoms with Gasteiger partial charge in [0.05, 0.1) is 6.04 Å². The summed E-state index contributed by atoms with van der Waals surface area (Å²) in [6, 6.07) is -0.269. The average Bonchev–Trinajstić information content (AvgIpc) is 1.80. The van der Waals surface area contributed by atoms with Crippen LogP contribution in [0.1, 0.15) is 27.2 Å². The Hall–Kier alpha value is -1.06. The lowest BCUT2D eigenvalue weighted by atomic mass is 10.1. The second-order valence-corrected chi connectivity index (χ2v) is 4.17. The second kappa shape index (κ2) is 3.36. The minimum absolute atomic E-state index is 0.269. The van der Waals surface area contributed by atoms with Crippen molar-refractivity contribution in [1.82, 2.24) is 4.90 Å². The quantitative estimate of drug-likeness (QED) is 0.576. The molecule has 0 aliphatic carbocycles. The molecule has 1 unspecified atom stereocenters. The molecule has 1 saturated heterocycles. The lowest BCUT2D eigenvalue weighted by Crippen LogP contribution is -2.53. The molecule has 1 heterocycles. The molecule has 1 atom stereocenters. The van der Waals surface area contributed by atoms with Gasteiger partial charge in [0.15, 0.2) is 0 Å². The molecule has 13 heavy (non-hydrogen) atoms. The summed E-state index contributed by atoms with van der Waals surface area (Å²) in [7, 11) is 0. The molecular weight excluding hydrogens is 170 g/mol. The Morgan fingerprint density at radius 2 is 2.15 bits per heavy atom. The summed E-state index contributed by atoms with van der Waals surface area (Å²) < 4.78 is 5.10. The first kappa shape index (κ1) is 10.0. The summed E-state index contributed by atoms with van der Waals surface area (Å²) in [4.78, 5) is 23.2. The van der Waals surface area contributed by atoms with Crippen molar-refractivity contribution in [3.05, 3.63) is 0 Å². The number of aldehydes is 1. The maximum absolute atomic E-state index is 11.4. The van der Waals surface area contributed by atoms with Crippen molar-refractivity contribution in [2.24, 2.45) is 0 Å². The van der Waals surface area contributed by atoms with Crippen molar-refractivity contribution in [2.45, 2.75) is 38.8 Å². The molecule has 0 aromatic rings. The Labute approximate surface area is 77.8 Å². The molecule has 0 aromatic heterocycles. The van der Waals surface area contributed by atoms with E-state index in [1.807, 2.05) is 0 Å². The number of hydrogen-bond donors (Lipinski definition) is 0. The highest BCUT2D eigenvalue weighted by Crippen LogP contribution is 2.19. The molecule has 1 aliphatic heterocycles. The molecule has 4 nitrogen and oxygen atoms in total. The summed E-state index contributed by atoms with van der Waals surface area (Å²) in [5, 5.41) is 0. The van der Waals surface area contributed by atoms with Gasteiger partial charge in [-0.15, -0.1) is 0 Å². The third-order valence-corrected chi connectivity index (χ3v) is 1.85. The van der Waals surface area contributed by atoms with Gasteiger partial charge in [-0.1, -0.05) is 0 Å². The third-order valence-electron chi connectivity index (χ3n) is 1.85. The molecule has 0 bridgehead atoms. The molecule has 1 rings (SSSR count). The Balaban J connectivity index is 2.45. The van der Waals surface area contributed by atoms with Crippen molar-refractivity contribution < 1.29 is 14.3 Å². The normalized spacial score (nSPS) is 22.1. The van der Waals surface area contributed by atoms with Crippen molar-refractivity contribution in [3.8, 4) is 0 Å². The van der Waals surface area contributed by atoms with E-state index in [0.29, 0.717) is 6.54 Å². The van der Waals surface area contributed by atoms with E-state index >= 15 is 0 Å². The highest BCUT2D eigenvalue weighted by atomic mass is 16.6. The van der Waals surface area contributed by atoms with Gasteiger partial charge in [-0.05, 0) is 27.2 Å². The van der Waals surface area contributed by atoms with Gasteiger partial charge in [0, 0.05) is 6.54 Å². The largest absolute Gasteiger partial charge is 0.444 e. The van der Waals surface area contributed by atoms with Gasteiger partial charge in [-0.2, -0.15) is 0 Å². The van der Waals surface area contributed by atoms with Crippen molar-refractivity contribution in [3.63, 3.8) is 0 Å². The van der Waals surface area contributed by atoms with Gasteiger partial charge in [-0.3, -0.25) is 4.90 Å². The van der Waals surface area contributed by atoms with Crippen LogP contribution in [-0.2, 0) is 9.53 Å². The lowest BCUT2D eigenvalue weighted by molar-refractivity contribution is -0.116. The van der Waals surface area contributed by atoms with Gasteiger partial charge in [0.1, 0.15) is 11.9 Å². The molecule has 0 radical (unpaired) electrons. The highest BCUT2D eigenvalue weighted by Gasteiger charge is 2.34. The van der Waals surface area contributed by atoms with Crippen LogP contribution in [0.5, 0.6) is 0 Å². The maximum Gasteiger partial charge on any atom is 0.410 e. The van der Waals surface area contributed by atoms with Crippen LogP contribution in [0.3, 0.4) is 0 Å². The second-order valence-electron chi connectivity index (χ2n) is 4.17. The van der Waals surface area contributed by atoms with Gasteiger partial charge in [0.25, 0.3) is 0 Å². The number of amides is 1. The first-order valence-electron chi connectivity index (χ1n) is 4.39. The highest BCUT2D eigenvalue weighted by molar-refractivity contribution is 5.75. The van der Waals surface area contributed by atoms with Gasteiger partial charge in [-0.25, -0.2) is 4.79 Å². The minimum Gasteiger partial charge on any atom is -0.444 e. The van der Waals surface area contributed by atoms with Crippen LogP contribution in [0.25, 0.3) is 0 Å². The zero-order valence-corrected chi connectivity index (χ0v) is 8.24. The Kier molecular flexibility index (Phi) is 2.59. The number of likely N-dealkylation sites (tertiary alicyclic amines) is 1. The van der Waals surface area contributed by atoms with Gasteiger partial charge < -0.3 is 9.53 Å². The van der Waals surface area contributed by atoms with E-state index in [1.165, 1.54) is 4.90 Å². The van der Waals surface area contributed by atoms with Crippen LogP contribution in [0.2, 0.25) is 0 Å².